The van der Waals surface area contributed by atoms with Crippen LogP contribution in [0.25, 0.3) is 0 Å². The summed E-state index contributed by atoms with van der Waals surface area (Å²) in [6, 6.07) is 16.3. The van der Waals surface area contributed by atoms with Gasteiger partial charge >= 0.3 is 0 Å². The molecule has 2 aliphatic rings. The van der Waals surface area contributed by atoms with E-state index in [1.54, 1.807) is 11.8 Å². The number of nitrogens with one attached hydrogen (secondary N) is 2. The Bertz CT molecular complexity index is 917. The maximum Gasteiger partial charge on any atom is 0.0982 e. The third-order valence-electron chi connectivity index (χ3n) is 4.78. The lowest BCUT2D eigenvalue weighted by atomic mass is 9.88. The summed E-state index contributed by atoms with van der Waals surface area (Å²) in [5, 5.41) is 9.22. The van der Waals surface area contributed by atoms with E-state index in [2.05, 4.69) is 61.1 Å². The molecule has 0 fully saturated rings. The maximum atomic E-state index is 6.59. The van der Waals surface area contributed by atoms with Gasteiger partial charge < -0.3 is 10.6 Å². The molecule has 2 heterocycles. The van der Waals surface area contributed by atoms with Crippen LogP contribution in [0.15, 0.2) is 64.8 Å². The van der Waals surface area contributed by atoms with E-state index in [-0.39, 0.29) is 11.6 Å². The van der Waals surface area contributed by atoms with Gasteiger partial charge in [-0.25, -0.2) is 0 Å². The van der Waals surface area contributed by atoms with E-state index in [9.17, 15) is 0 Å². The molecule has 26 heavy (non-hydrogen) atoms. The van der Waals surface area contributed by atoms with Crippen molar-refractivity contribution in [2.45, 2.75) is 31.8 Å². The van der Waals surface area contributed by atoms with Crippen molar-refractivity contribution in [3.8, 4) is 0 Å². The molecule has 0 radical (unpaired) electrons. The number of anilines is 2. The van der Waals surface area contributed by atoms with Crippen LogP contribution >= 0.6 is 23.4 Å². The van der Waals surface area contributed by atoms with Crippen molar-refractivity contribution in [1.29, 1.82) is 0 Å². The van der Waals surface area contributed by atoms with Gasteiger partial charge in [-0.2, -0.15) is 0 Å². The average Bonchev–Trinajstić information content (AvgIpc) is 2.76. The number of para-hydroxylation sites is 2. The maximum absolute atomic E-state index is 6.59. The highest BCUT2D eigenvalue weighted by molar-refractivity contribution is 8.13. The number of aliphatic imine (C=N–C) groups is 1. The summed E-state index contributed by atoms with van der Waals surface area (Å²) < 4.78 is 0. The number of nitrogens with zero attached hydrogens (tertiary/aromatic N) is 1. The number of halogens is 1. The fourth-order valence-corrected chi connectivity index (χ4v) is 4.69. The summed E-state index contributed by atoms with van der Waals surface area (Å²) >= 11 is 8.28. The lowest BCUT2D eigenvalue weighted by molar-refractivity contribution is 0.511. The molecule has 3 nitrogen and oxygen atoms in total. The Morgan fingerprint density at radius 1 is 1.08 bits per heavy atom. The zero-order valence-corrected chi connectivity index (χ0v) is 16.7. The second-order valence-electron chi connectivity index (χ2n) is 7.27. The first kappa shape index (κ1) is 17.5. The molecular formula is C21H22ClN3S. The Hall–Kier alpha value is -1.91. The van der Waals surface area contributed by atoms with E-state index in [4.69, 9.17) is 16.6 Å². The molecular weight excluding hydrogens is 362 g/mol. The van der Waals surface area contributed by atoms with Crippen molar-refractivity contribution >= 4 is 39.8 Å². The van der Waals surface area contributed by atoms with Gasteiger partial charge in [0.25, 0.3) is 0 Å². The number of benzene rings is 2. The minimum atomic E-state index is -0.130. The Balaban J connectivity index is 1.93. The molecule has 0 saturated carbocycles. The molecule has 0 aliphatic carbocycles. The molecule has 0 aromatic heterocycles. The first-order valence-corrected chi connectivity index (χ1v) is 10.3. The largest absolute Gasteiger partial charge is 0.372 e. The smallest absolute Gasteiger partial charge is 0.0982 e. The quantitative estimate of drug-likeness (QED) is 0.623. The Labute approximate surface area is 163 Å². The zero-order valence-electron chi connectivity index (χ0n) is 15.1. The summed E-state index contributed by atoms with van der Waals surface area (Å²) in [5.41, 5.74) is 5.52. The van der Waals surface area contributed by atoms with Crippen molar-refractivity contribution in [2.24, 2.45) is 4.99 Å². The van der Waals surface area contributed by atoms with Gasteiger partial charge in [-0.1, -0.05) is 41.9 Å². The van der Waals surface area contributed by atoms with Crippen molar-refractivity contribution in [1.82, 2.24) is 0 Å². The highest BCUT2D eigenvalue weighted by atomic mass is 35.5. The highest BCUT2D eigenvalue weighted by Gasteiger charge is 2.36. The van der Waals surface area contributed by atoms with E-state index in [1.807, 2.05) is 18.2 Å². The standard InChI is InChI=1S/C21H22ClN3S/c1-21(2)12-17-18(20(25-21)26-3)19(13-8-4-5-9-14(13)22)24-16-11-7-6-10-15(16)23-17/h4-11,19,23-24H,12H2,1-3H3. The van der Waals surface area contributed by atoms with Crippen LogP contribution in [0.4, 0.5) is 11.4 Å². The van der Waals surface area contributed by atoms with E-state index < -0.39 is 0 Å². The molecule has 0 spiro atoms. The number of hydrogen-bond acceptors (Lipinski definition) is 4. The minimum absolute atomic E-state index is 0.0443. The average molecular weight is 384 g/mol. The van der Waals surface area contributed by atoms with Crippen molar-refractivity contribution in [2.75, 3.05) is 16.9 Å². The van der Waals surface area contributed by atoms with Crippen LogP contribution in [0, 0.1) is 0 Å². The predicted molar refractivity (Wildman–Crippen MR) is 115 cm³/mol. The molecule has 134 valence electrons. The zero-order chi connectivity index (χ0) is 18.3. The Morgan fingerprint density at radius 3 is 2.50 bits per heavy atom. The highest BCUT2D eigenvalue weighted by Crippen LogP contribution is 2.44. The van der Waals surface area contributed by atoms with E-state index >= 15 is 0 Å². The molecule has 4 rings (SSSR count). The van der Waals surface area contributed by atoms with Gasteiger partial charge in [0, 0.05) is 22.7 Å². The number of thioether (sulfide) groups is 1. The first-order chi connectivity index (χ1) is 12.5. The summed E-state index contributed by atoms with van der Waals surface area (Å²) in [6.07, 6.45) is 2.95. The summed E-state index contributed by atoms with van der Waals surface area (Å²) in [5.74, 6) is 0. The van der Waals surface area contributed by atoms with Crippen molar-refractivity contribution in [3.63, 3.8) is 0 Å². The van der Waals surface area contributed by atoms with Gasteiger partial charge in [-0.05, 0) is 43.9 Å². The first-order valence-electron chi connectivity index (χ1n) is 8.73. The summed E-state index contributed by atoms with van der Waals surface area (Å²) in [4.78, 5) is 5.03. The molecule has 0 amide bonds. The molecule has 0 bridgehead atoms. The molecule has 5 heteroatoms. The minimum Gasteiger partial charge on any atom is -0.372 e. The normalized spacial score (nSPS) is 20.9. The number of dihydropyridines is 1. The second-order valence-corrected chi connectivity index (χ2v) is 8.47. The molecule has 2 aliphatic heterocycles. The molecule has 2 aromatic rings. The van der Waals surface area contributed by atoms with E-state index in [0.29, 0.717) is 0 Å². The SMILES string of the molecule is CSC1=NC(C)(C)CC2=C1C(c1ccccc1Cl)Nc1ccccc1N2. The van der Waals surface area contributed by atoms with Gasteiger partial charge in [0.2, 0.25) is 0 Å². The van der Waals surface area contributed by atoms with Crippen LogP contribution in [-0.4, -0.2) is 16.8 Å². The third kappa shape index (κ3) is 3.12. The number of fused-ring (bicyclic) bond motifs is 1. The fourth-order valence-electron chi connectivity index (χ4n) is 3.65. The second kappa shape index (κ2) is 6.67. The Kier molecular flexibility index (Phi) is 4.49. The molecule has 2 aromatic carbocycles. The third-order valence-corrected chi connectivity index (χ3v) is 5.82. The van der Waals surface area contributed by atoms with Gasteiger partial charge in [-0.15, -0.1) is 11.8 Å². The van der Waals surface area contributed by atoms with Gasteiger partial charge in [0.1, 0.15) is 0 Å². The van der Waals surface area contributed by atoms with Crippen LogP contribution in [0.5, 0.6) is 0 Å². The summed E-state index contributed by atoms with van der Waals surface area (Å²) in [7, 11) is 0. The lowest BCUT2D eigenvalue weighted by Gasteiger charge is -2.33. The van der Waals surface area contributed by atoms with Crippen LogP contribution in [-0.2, 0) is 0 Å². The predicted octanol–water partition coefficient (Wildman–Crippen LogP) is 6.12. The topological polar surface area (TPSA) is 36.4 Å². The van der Waals surface area contributed by atoms with Crippen LogP contribution in [0.3, 0.4) is 0 Å². The molecule has 0 saturated heterocycles. The molecule has 1 atom stereocenters. The lowest BCUT2D eigenvalue weighted by Crippen LogP contribution is -2.31. The monoisotopic (exact) mass is 383 g/mol. The van der Waals surface area contributed by atoms with E-state index in [0.717, 1.165) is 33.4 Å². The fraction of sp³-hybridized carbons (Fsp3) is 0.286. The number of hydrogen-bond donors (Lipinski definition) is 2. The van der Waals surface area contributed by atoms with Crippen LogP contribution in [0.2, 0.25) is 5.02 Å². The molecule has 1 unspecified atom stereocenters. The van der Waals surface area contributed by atoms with E-state index in [1.165, 1.54) is 11.3 Å². The van der Waals surface area contributed by atoms with Gasteiger partial charge in [0.15, 0.2) is 0 Å². The van der Waals surface area contributed by atoms with Crippen LogP contribution < -0.4 is 10.6 Å². The van der Waals surface area contributed by atoms with Crippen molar-refractivity contribution < 1.29 is 0 Å². The van der Waals surface area contributed by atoms with Gasteiger partial charge in [0.05, 0.1) is 28.0 Å². The Morgan fingerprint density at radius 2 is 1.77 bits per heavy atom. The molecule has 2 N–H and O–H groups in total. The van der Waals surface area contributed by atoms with Crippen molar-refractivity contribution in [3.05, 3.63) is 70.4 Å². The van der Waals surface area contributed by atoms with Gasteiger partial charge in [-0.3, -0.25) is 4.99 Å². The van der Waals surface area contributed by atoms with Crippen LogP contribution in [0.1, 0.15) is 31.9 Å². The number of rotatable bonds is 1. The summed E-state index contributed by atoms with van der Waals surface area (Å²) in [6.45, 7) is 4.37.